The number of hydrogen-bond acceptors (Lipinski definition) is 2. The molecule has 94 valence electrons. The van der Waals surface area contributed by atoms with Crippen molar-refractivity contribution in [3.63, 3.8) is 0 Å². The molecule has 1 heterocycles. The minimum absolute atomic E-state index is 0.0559. The number of H-pyrrole nitrogens is 1. The zero-order valence-electron chi connectivity index (χ0n) is 10.6. The number of benzene rings is 1. The highest BCUT2D eigenvalue weighted by atomic mass is 16.1. The van der Waals surface area contributed by atoms with E-state index in [0.29, 0.717) is 0 Å². The first-order valence-electron chi connectivity index (χ1n) is 5.89. The van der Waals surface area contributed by atoms with E-state index in [1.165, 1.54) is 6.92 Å². The van der Waals surface area contributed by atoms with E-state index in [4.69, 9.17) is 0 Å². The van der Waals surface area contributed by atoms with Crippen molar-refractivity contribution >= 4 is 17.3 Å². The van der Waals surface area contributed by atoms with Crippen LogP contribution in [0.25, 0.3) is 0 Å². The van der Waals surface area contributed by atoms with Crippen LogP contribution in [-0.4, -0.2) is 10.9 Å². The van der Waals surface area contributed by atoms with Crippen LogP contribution in [0.15, 0.2) is 36.5 Å². The maximum Gasteiger partial charge on any atom is 0.221 e. The Kier molecular flexibility index (Phi) is 3.67. The van der Waals surface area contributed by atoms with E-state index in [9.17, 15) is 4.79 Å². The van der Waals surface area contributed by atoms with Crippen LogP contribution >= 0.6 is 0 Å². The maximum atomic E-state index is 11.1. The predicted molar refractivity (Wildman–Crippen MR) is 73.6 cm³/mol. The number of aromatic amines is 1. The van der Waals surface area contributed by atoms with Crippen LogP contribution in [0.3, 0.4) is 0 Å². The SMILES string of the molecule is CC(=O)Nc1cc(NCc2ccc[nH]2)ccc1C. The first kappa shape index (κ1) is 12.2. The second-order valence-electron chi connectivity index (χ2n) is 4.26. The molecule has 0 saturated heterocycles. The van der Waals surface area contributed by atoms with Gasteiger partial charge in [-0.2, -0.15) is 0 Å². The molecule has 4 heteroatoms. The first-order valence-corrected chi connectivity index (χ1v) is 5.89. The van der Waals surface area contributed by atoms with Gasteiger partial charge in [-0.05, 0) is 36.8 Å². The average molecular weight is 243 g/mol. The lowest BCUT2D eigenvalue weighted by Gasteiger charge is -2.10. The molecule has 0 aliphatic heterocycles. The Balaban J connectivity index is 2.06. The molecule has 2 rings (SSSR count). The molecule has 0 unspecified atom stereocenters. The van der Waals surface area contributed by atoms with Gasteiger partial charge in [0.15, 0.2) is 0 Å². The third kappa shape index (κ3) is 3.13. The number of anilines is 2. The van der Waals surface area contributed by atoms with E-state index in [-0.39, 0.29) is 5.91 Å². The smallest absolute Gasteiger partial charge is 0.221 e. The molecule has 0 spiro atoms. The summed E-state index contributed by atoms with van der Waals surface area (Å²) in [5, 5.41) is 6.13. The Hall–Kier alpha value is -2.23. The third-order valence-electron chi connectivity index (χ3n) is 2.69. The van der Waals surface area contributed by atoms with Crippen molar-refractivity contribution in [2.75, 3.05) is 10.6 Å². The van der Waals surface area contributed by atoms with Crippen LogP contribution in [0, 0.1) is 6.92 Å². The van der Waals surface area contributed by atoms with Gasteiger partial charge in [-0.15, -0.1) is 0 Å². The van der Waals surface area contributed by atoms with Crippen LogP contribution in [0.4, 0.5) is 11.4 Å². The number of hydrogen-bond donors (Lipinski definition) is 3. The maximum absolute atomic E-state index is 11.1. The van der Waals surface area contributed by atoms with E-state index in [1.807, 2.05) is 43.5 Å². The van der Waals surface area contributed by atoms with Crippen molar-refractivity contribution in [1.82, 2.24) is 4.98 Å². The van der Waals surface area contributed by atoms with Gasteiger partial charge in [0.1, 0.15) is 0 Å². The van der Waals surface area contributed by atoms with E-state index < -0.39 is 0 Å². The zero-order valence-corrected chi connectivity index (χ0v) is 10.6. The number of nitrogens with one attached hydrogen (secondary N) is 3. The van der Waals surface area contributed by atoms with Gasteiger partial charge in [0.2, 0.25) is 5.91 Å². The lowest BCUT2D eigenvalue weighted by atomic mass is 10.1. The molecule has 1 aromatic heterocycles. The average Bonchev–Trinajstić information content (AvgIpc) is 2.82. The van der Waals surface area contributed by atoms with Crippen molar-refractivity contribution < 1.29 is 4.79 Å². The molecule has 1 amide bonds. The Morgan fingerprint density at radius 3 is 2.83 bits per heavy atom. The molecule has 0 radical (unpaired) electrons. The Bertz CT molecular complexity index is 532. The van der Waals surface area contributed by atoms with Gasteiger partial charge in [-0.25, -0.2) is 0 Å². The molecule has 0 atom stereocenters. The standard InChI is InChI=1S/C14H17N3O/c1-10-5-6-12(8-14(10)17-11(2)18)16-9-13-4-3-7-15-13/h3-8,15-16H,9H2,1-2H3,(H,17,18). The molecule has 0 saturated carbocycles. The third-order valence-corrected chi connectivity index (χ3v) is 2.69. The Morgan fingerprint density at radius 2 is 2.17 bits per heavy atom. The molecule has 2 aromatic rings. The lowest BCUT2D eigenvalue weighted by molar-refractivity contribution is -0.114. The molecule has 0 aliphatic rings. The van der Waals surface area contributed by atoms with Crippen molar-refractivity contribution in [3.8, 4) is 0 Å². The van der Waals surface area contributed by atoms with Crippen LogP contribution in [0.1, 0.15) is 18.2 Å². The van der Waals surface area contributed by atoms with Crippen molar-refractivity contribution in [2.45, 2.75) is 20.4 Å². The van der Waals surface area contributed by atoms with Crippen LogP contribution < -0.4 is 10.6 Å². The van der Waals surface area contributed by atoms with Gasteiger partial charge >= 0.3 is 0 Å². The fourth-order valence-electron chi connectivity index (χ4n) is 1.73. The van der Waals surface area contributed by atoms with E-state index in [0.717, 1.165) is 29.2 Å². The van der Waals surface area contributed by atoms with Gasteiger partial charge in [-0.3, -0.25) is 4.79 Å². The predicted octanol–water partition coefficient (Wildman–Crippen LogP) is 2.89. The summed E-state index contributed by atoms with van der Waals surface area (Å²) < 4.78 is 0. The molecule has 1 aromatic carbocycles. The van der Waals surface area contributed by atoms with Crippen LogP contribution in [0.2, 0.25) is 0 Å². The highest BCUT2D eigenvalue weighted by molar-refractivity contribution is 5.90. The van der Waals surface area contributed by atoms with Gasteiger partial charge in [0, 0.05) is 30.2 Å². The molecular formula is C14H17N3O. The highest BCUT2D eigenvalue weighted by Crippen LogP contribution is 2.20. The fourth-order valence-corrected chi connectivity index (χ4v) is 1.73. The largest absolute Gasteiger partial charge is 0.379 e. The van der Waals surface area contributed by atoms with Crippen LogP contribution in [-0.2, 0) is 11.3 Å². The van der Waals surface area contributed by atoms with Crippen LogP contribution in [0.5, 0.6) is 0 Å². The summed E-state index contributed by atoms with van der Waals surface area (Å²) in [6, 6.07) is 9.93. The molecular weight excluding hydrogens is 226 g/mol. The topological polar surface area (TPSA) is 56.9 Å². The van der Waals surface area contributed by atoms with Crippen molar-refractivity contribution in [3.05, 3.63) is 47.8 Å². The molecule has 0 fully saturated rings. The summed E-state index contributed by atoms with van der Waals surface area (Å²) in [5.41, 5.74) is 4.00. The number of carbonyl (C=O) groups is 1. The second kappa shape index (κ2) is 5.40. The van der Waals surface area contributed by atoms with E-state index >= 15 is 0 Å². The number of rotatable bonds is 4. The fraction of sp³-hybridized carbons (Fsp3) is 0.214. The lowest BCUT2D eigenvalue weighted by Crippen LogP contribution is -2.08. The number of aryl methyl sites for hydroxylation is 1. The summed E-state index contributed by atoms with van der Waals surface area (Å²) in [5.74, 6) is -0.0559. The van der Waals surface area contributed by atoms with Gasteiger partial charge in [-0.1, -0.05) is 6.07 Å². The summed E-state index contributed by atoms with van der Waals surface area (Å²) in [6.45, 7) is 4.22. The van der Waals surface area contributed by atoms with Crippen molar-refractivity contribution in [2.24, 2.45) is 0 Å². The Morgan fingerprint density at radius 1 is 1.33 bits per heavy atom. The minimum atomic E-state index is -0.0559. The quantitative estimate of drug-likeness (QED) is 0.773. The van der Waals surface area contributed by atoms with E-state index in [1.54, 1.807) is 0 Å². The normalized spacial score (nSPS) is 10.1. The minimum Gasteiger partial charge on any atom is -0.379 e. The van der Waals surface area contributed by atoms with Gasteiger partial charge in [0.05, 0.1) is 6.54 Å². The van der Waals surface area contributed by atoms with Gasteiger partial charge in [0.25, 0.3) is 0 Å². The van der Waals surface area contributed by atoms with E-state index in [2.05, 4.69) is 15.6 Å². The number of aromatic nitrogens is 1. The molecule has 3 N–H and O–H groups in total. The Labute approximate surface area is 106 Å². The monoisotopic (exact) mass is 243 g/mol. The molecule has 0 bridgehead atoms. The molecule has 18 heavy (non-hydrogen) atoms. The van der Waals surface area contributed by atoms with Crippen molar-refractivity contribution in [1.29, 1.82) is 0 Å². The number of carbonyl (C=O) groups excluding carboxylic acids is 1. The van der Waals surface area contributed by atoms with Gasteiger partial charge < -0.3 is 15.6 Å². The second-order valence-corrected chi connectivity index (χ2v) is 4.26. The summed E-state index contributed by atoms with van der Waals surface area (Å²) >= 11 is 0. The molecule has 0 aliphatic carbocycles. The highest BCUT2D eigenvalue weighted by Gasteiger charge is 2.02. The molecule has 4 nitrogen and oxygen atoms in total. The summed E-state index contributed by atoms with van der Waals surface area (Å²) in [7, 11) is 0. The summed E-state index contributed by atoms with van der Waals surface area (Å²) in [4.78, 5) is 14.2. The summed E-state index contributed by atoms with van der Waals surface area (Å²) in [6.07, 6.45) is 1.90. The zero-order chi connectivity index (χ0) is 13.0. The number of amides is 1. The first-order chi connectivity index (χ1) is 8.65.